The number of hydrogen-bond donors (Lipinski definition) is 0. The van der Waals surface area contributed by atoms with E-state index in [1.807, 2.05) is 30.1 Å². The summed E-state index contributed by atoms with van der Waals surface area (Å²) in [6, 6.07) is 8.02. The predicted molar refractivity (Wildman–Crippen MR) is 47.7 cm³/mol. The molecule has 0 N–H and O–H groups in total. The van der Waals surface area contributed by atoms with E-state index in [-0.39, 0.29) is 0 Å². The lowest BCUT2D eigenvalue weighted by Crippen LogP contribution is -2.25. The van der Waals surface area contributed by atoms with Crippen molar-refractivity contribution >= 4 is 0 Å². The van der Waals surface area contributed by atoms with Crippen LogP contribution in [0.5, 0.6) is 5.75 Å². The van der Waals surface area contributed by atoms with Crippen LogP contribution in [0.1, 0.15) is 5.56 Å². The molecule has 0 aliphatic carbocycles. The zero-order valence-corrected chi connectivity index (χ0v) is 7.08. The van der Waals surface area contributed by atoms with Crippen LogP contribution >= 0.6 is 0 Å². The molecule has 1 aromatic carbocycles. The lowest BCUT2D eigenvalue weighted by molar-refractivity contribution is 0.216. The largest absolute Gasteiger partial charge is 0.441 e. The molecule has 1 aromatic rings. The highest BCUT2D eigenvalue weighted by Gasteiger charge is 2.15. The molecule has 62 valence electrons. The standard InChI is InChI=1S/C10H11NO/c1-8-11(2)7-9-5-3-4-6-10(9)12-8/h3-6H,1,7H2,2H3. The quantitative estimate of drug-likeness (QED) is 0.577. The molecule has 0 amide bonds. The Kier molecular flexibility index (Phi) is 1.54. The summed E-state index contributed by atoms with van der Waals surface area (Å²) in [5.41, 5.74) is 1.22. The molecule has 1 heterocycles. The van der Waals surface area contributed by atoms with E-state index in [0.717, 1.165) is 12.3 Å². The molecule has 0 bridgehead atoms. The summed E-state index contributed by atoms with van der Waals surface area (Å²) in [5.74, 6) is 1.65. The van der Waals surface area contributed by atoms with Gasteiger partial charge in [0.05, 0.1) is 0 Å². The molecule has 0 atom stereocenters. The molecule has 0 radical (unpaired) electrons. The summed E-state index contributed by atoms with van der Waals surface area (Å²) < 4.78 is 5.48. The average Bonchev–Trinajstić information content (AvgIpc) is 2.07. The second kappa shape index (κ2) is 2.55. The van der Waals surface area contributed by atoms with Crippen LogP contribution in [0.3, 0.4) is 0 Å². The van der Waals surface area contributed by atoms with Gasteiger partial charge in [0.2, 0.25) is 0 Å². The van der Waals surface area contributed by atoms with Gasteiger partial charge in [-0.1, -0.05) is 18.2 Å². The first-order chi connectivity index (χ1) is 5.77. The molecule has 0 saturated heterocycles. The van der Waals surface area contributed by atoms with E-state index in [9.17, 15) is 0 Å². The van der Waals surface area contributed by atoms with Gasteiger partial charge in [0.15, 0.2) is 5.88 Å². The average molecular weight is 161 g/mol. The summed E-state index contributed by atoms with van der Waals surface area (Å²) >= 11 is 0. The second-order valence-electron chi connectivity index (χ2n) is 2.96. The first-order valence-electron chi connectivity index (χ1n) is 3.93. The van der Waals surface area contributed by atoms with E-state index in [1.165, 1.54) is 5.56 Å². The normalized spacial score (nSPS) is 15.4. The van der Waals surface area contributed by atoms with Gasteiger partial charge < -0.3 is 9.64 Å². The number of ether oxygens (including phenoxy) is 1. The van der Waals surface area contributed by atoms with Crippen LogP contribution in [0.25, 0.3) is 0 Å². The molecule has 2 rings (SSSR count). The van der Waals surface area contributed by atoms with Gasteiger partial charge in [0, 0.05) is 19.2 Å². The number of fused-ring (bicyclic) bond motifs is 1. The molecule has 0 spiro atoms. The molecule has 1 aliphatic heterocycles. The Balaban J connectivity index is 2.40. The van der Waals surface area contributed by atoms with Gasteiger partial charge >= 0.3 is 0 Å². The van der Waals surface area contributed by atoms with Crippen molar-refractivity contribution in [1.82, 2.24) is 4.90 Å². The highest BCUT2D eigenvalue weighted by Crippen LogP contribution is 2.27. The van der Waals surface area contributed by atoms with Crippen LogP contribution in [-0.2, 0) is 6.54 Å². The topological polar surface area (TPSA) is 12.5 Å². The zero-order chi connectivity index (χ0) is 8.55. The summed E-state index contributed by atoms with van der Waals surface area (Å²) in [4.78, 5) is 1.99. The Morgan fingerprint density at radius 2 is 2.17 bits per heavy atom. The van der Waals surface area contributed by atoms with Crippen molar-refractivity contribution in [3.05, 3.63) is 42.3 Å². The molecule has 0 fully saturated rings. The molecule has 12 heavy (non-hydrogen) atoms. The van der Waals surface area contributed by atoms with E-state index in [2.05, 4.69) is 12.6 Å². The van der Waals surface area contributed by atoms with Gasteiger partial charge in [-0.15, -0.1) is 0 Å². The van der Waals surface area contributed by atoms with Gasteiger partial charge in [-0.2, -0.15) is 0 Å². The van der Waals surface area contributed by atoms with Crippen molar-refractivity contribution in [3.63, 3.8) is 0 Å². The van der Waals surface area contributed by atoms with Crippen molar-refractivity contribution in [1.29, 1.82) is 0 Å². The van der Waals surface area contributed by atoms with Crippen LogP contribution in [0, 0.1) is 0 Å². The third kappa shape index (κ3) is 1.05. The minimum Gasteiger partial charge on any atom is -0.441 e. The summed E-state index contributed by atoms with van der Waals surface area (Å²) in [7, 11) is 1.97. The maximum absolute atomic E-state index is 5.48. The fourth-order valence-corrected chi connectivity index (χ4v) is 1.28. The molecule has 0 saturated carbocycles. The highest BCUT2D eigenvalue weighted by molar-refractivity contribution is 5.36. The molecular formula is C10H11NO. The van der Waals surface area contributed by atoms with Crippen LogP contribution in [0.4, 0.5) is 0 Å². The van der Waals surface area contributed by atoms with Crippen LogP contribution in [-0.4, -0.2) is 11.9 Å². The lowest BCUT2D eigenvalue weighted by atomic mass is 10.2. The van der Waals surface area contributed by atoms with Crippen LogP contribution < -0.4 is 4.74 Å². The number of benzene rings is 1. The smallest absolute Gasteiger partial charge is 0.188 e. The molecule has 1 aliphatic rings. The lowest BCUT2D eigenvalue weighted by Gasteiger charge is -2.28. The molecule has 2 heteroatoms. The van der Waals surface area contributed by atoms with Gasteiger partial charge in [0.25, 0.3) is 0 Å². The van der Waals surface area contributed by atoms with Crippen molar-refractivity contribution in [2.24, 2.45) is 0 Å². The van der Waals surface area contributed by atoms with Crippen molar-refractivity contribution in [2.75, 3.05) is 7.05 Å². The Labute approximate surface area is 72.1 Å². The number of rotatable bonds is 0. The van der Waals surface area contributed by atoms with Crippen molar-refractivity contribution < 1.29 is 4.74 Å². The summed E-state index contributed by atoms with van der Waals surface area (Å²) in [6.45, 7) is 4.68. The van der Waals surface area contributed by atoms with Gasteiger partial charge in [-0.05, 0) is 12.6 Å². The Morgan fingerprint density at radius 3 is 3.00 bits per heavy atom. The van der Waals surface area contributed by atoms with Gasteiger partial charge in [0.1, 0.15) is 5.75 Å². The van der Waals surface area contributed by atoms with Crippen molar-refractivity contribution in [3.8, 4) is 5.75 Å². The Bertz CT molecular complexity index is 319. The van der Waals surface area contributed by atoms with E-state index >= 15 is 0 Å². The van der Waals surface area contributed by atoms with E-state index < -0.39 is 0 Å². The molecule has 0 aromatic heterocycles. The van der Waals surface area contributed by atoms with Crippen LogP contribution in [0.2, 0.25) is 0 Å². The SMILES string of the molecule is C=C1Oc2ccccc2CN1C. The molecule has 0 unspecified atom stereocenters. The van der Waals surface area contributed by atoms with E-state index in [1.54, 1.807) is 0 Å². The van der Waals surface area contributed by atoms with Crippen molar-refractivity contribution in [2.45, 2.75) is 6.54 Å². The summed E-state index contributed by atoms with van der Waals surface area (Å²) in [6.07, 6.45) is 0. The number of hydrogen-bond acceptors (Lipinski definition) is 2. The third-order valence-corrected chi connectivity index (χ3v) is 2.03. The van der Waals surface area contributed by atoms with Gasteiger partial charge in [-0.25, -0.2) is 0 Å². The van der Waals surface area contributed by atoms with Gasteiger partial charge in [-0.3, -0.25) is 0 Å². The second-order valence-corrected chi connectivity index (χ2v) is 2.96. The van der Waals surface area contributed by atoms with E-state index in [0.29, 0.717) is 5.88 Å². The maximum Gasteiger partial charge on any atom is 0.188 e. The zero-order valence-electron chi connectivity index (χ0n) is 7.08. The molecular weight excluding hydrogens is 150 g/mol. The Morgan fingerprint density at radius 1 is 1.42 bits per heavy atom. The summed E-state index contributed by atoms with van der Waals surface area (Å²) in [5, 5.41) is 0. The Hall–Kier alpha value is -1.44. The fourth-order valence-electron chi connectivity index (χ4n) is 1.28. The first kappa shape index (κ1) is 7.22. The molecule has 2 nitrogen and oxygen atoms in total. The number of para-hydroxylation sites is 1. The minimum absolute atomic E-state index is 0.716. The van der Waals surface area contributed by atoms with Crippen LogP contribution in [0.15, 0.2) is 36.7 Å². The fraction of sp³-hybridized carbons (Fsp3) is 0.200. The van der Waals surface area contributed by atoms with E-state index in [4.69, 9.17) is 4.74 Å². The highest BCUT2D eigenvalue weighted by atomic mass is 16.5. The predicted octanol–water partition coefficient (Wildman–Crippen LogP) is 1.98. The minimum atomic E-state index is 0.716. The maximum atomic E-state index is 5.48. The third-order valence-electron chi connectivity index (χ3n) is 2.03. The number of nitrogens with zero attached hydrogens (tertiary/aromatic N) is 1. The first-order valence-corrected chi connectivity index (χ1v) is 3.93. The monoisotopic (exact) mass is 161 g/mol.